The summed E-state index contributed by atoms with van der Waals surface area (Å²) in [5.41, 5.74) is 4.61. The lowest BCUT2D eigenvalue weighted by molar-refractivity contribution is 0.415. The lowest BCUT2D eigenvalue weighted by atomic mass is 10.1. The molecule has 0 aliphatic carbocycles. The van der Waals surface area contributed by atoms with Crippen molar-refractivity contribution in [3.63, 3.8) is 0 Å². The molecule has 108 valence electrons. The molecule has 21 heavy (non-hydrogen) atoms. The monoisotopic (exact) mass is 281 g/mol. The molecule has 0 fully saturated rings. The van der Waals surface area contributed by atoms with Gasteiger partial charge in [0, 0.05) is 31.5 Å². The summed E-state index contributed by atoms with van der Waals surface area (Å²) in [7, 11) is 5.64. The molecule has 4 nitrogen and oxygen atoms in total. The summed E-state index contributed by atoms with van der Waals surface area (Å²) in [6, 6.07) is 13.7. The van der Waals surface area contributed by atoms with Gasteiger partial charge in [-0.15, -0.1) is 0 Å². The number of hydrogen-bond donors (Lipinski definition) is 1. The molecular formula is C17H19N3O. The Morgan fingerprint density at radius 2 is 1.90 bits per heavy atom. The van der Waals surface area contributed by atoms with E-state index in [2.05, 4.69) is 35.3 Å². The van der Waals surface area contributed by atoms with Crippen LogP contribution in [0.15, 0.2) is 36.4 Å². The minimum atomic E-state index is 0.586. The third kappa shape index (κ3) is 3.26. The molecular weight excluding hydrogens is 262 g/mol. The lowest BCUT2D eigenvalue weighted by Crippen LogP contribution is -2.10. The van der Waals surface area contributed by atoms with Crippen LogP contribution in [0.1, 0.15) is 11.1 Å². The number of benzene rings is 2. The number of anilines is 3. The van der Waals surface area contributed by atoms with Crippen molar-refractivity contribution in [1.82, 2.24) is 0 Å². The maximum atomic E-state index is 9.21. The Hall–Kier alpha value is -2.67. The van der Waals surface area contributed by atoms with E-state index in [0.717, 1.165) is 22.8 Å². The van der Waals surface area contributed by atoms with Gasteiger partial charge in [0.1, 0.15) is 11.8 Å². The predicted octanol–water partition coefficient (Wildman–Crippen LogP) is 3.68. The molecule has 4 heteroatoms. The van der Waals surface area contributed by atoms with Crippen LogP contribution in [-0.2, 0) is 0 Å². The first kappa shape index (κ1) is 14.7. The highest BCUT2D eigenvalue weighted by Gasteiger charge is 2.07. The van der Waals surface area contributed by atoms with Crippen LogP contribution >= 0.6 is 0 Å². The Morgan fingerprint density at radius 3 is 2.52 bits per heavy atom. The summed E-state index contributed by atoms with van der Waals surface area (Å²) in [5.74, 6) is 0.719. The second-order valence-corrected chi connectivity index (χ2v) is 5.04. The molecule has 0 spiro atoms. The van der Waals surface area contributed by atoms with Crippen LogP contribution in [0.5, 0.6) is 5.75 Å². The van der Waals surface area contributed by atoms with Crippen LogP contribution in [0.4, 0.5) is 17.1 Å². The standard InChI is InChI=1S/C17H19N3O/c1-12-5-7-14(9-17(12)20(2)3)19-16-10-15(21-4)8-6-13(16)11-18/h5-10,19H,1-4H3. The SMILES string of the molecule is COc1ccc(C#N)c(Nc2ccc(C)c(N(C)C)c2)c1. The minimum absolute atomic E-state index is 0.586. The van der Waals surface area contributed by atoms with Crippen molar-refractivity contribution < 1.29 is 4.74 Å². The Morgan fingerprint density at radius 1 is 1.14 bits per heavy atom. The van der Waals surface area contributed by atoms with E-state index in [1.807, 2.05) is 26.2 Å². The summed E-state index contributed by atoms with van der Waals surface area (Å²) in [4.78, 5) is 2.07. The van der Waals surface area contributed by atoms with E-state index < -0.39 is 0 Å². The number of nitriles is 1. The van der Waals surface area contributed by atoms with Gasteiger partial charge >= 0.3 is 0 Å². The fourth-order valence-corrected chi connectivity index (χ4v) is 2.18. The molecule has 0 unspecified atom stereocenters. The third-order valence-electron chi connectivity index (χ3n) is 3.32. The van der Waals surface area contributed by atoms with E-state index in [4.69, 9.17) is 4.74 Å². The number of ether oxygens (including phenoxy) is 1. The number of nitrogens with zero attached hydrogens (tertiary/aromatic N) is 2. The van der Waals surface area contributed by atoms with Crippen molar-refractivity contribution in [1.29, 1.82) is 5.26 Å². The fourth-order valence-electron chi connectivity index (χ4n) is 2.18. The first-order chi connectivity index (χ1) is 10.0. The van der Waals surface area contributed by atoms with Gasteiger partial charge in [-0.2, -0.15) is 5.26 Å². The maximum Gasteiger partial charge on any atom is 0.121 e. The number of aryl methyl sites for hydroxylation is 1. The molecule has 0 aliphatic rings. The van der Waals surface area contributed by atoms with Crippen LogP contribution in [0, 0.1) is 18.3 Å². The third-order valence-corrected chi connectivity index (χ3v) is 3.32. The van der Waals surface area contributed by atoms with Gasteiger partial charge < -0.3 is 15.0 Å². The molecule has 0 heterocycles. The molecule has 0 radical (unpaired) electrons. The van der Waals surface area contributed by atoms with Crippen LogP contribution in [0.3, 0.4) is 0 Å². The molecule has 0 saturated heterocycles. The summed E-state index contributed by atoms with van der Waals surface area (Å²) in [5, 5.41) is 12.5. The minimum Gasteiger partial charge on any atom is -0.497 e. The molecule has 0 aliphatic heterocycles. The van der Waals surface area contributed by atoms with E-state index in [1.165, 1.54) is 5.56 Å². The average molecular weight is 281 g/mol. The van der Waals surface area contributed by atoms with Crippen LogP contribution < -0.4 is 15.0 Å². The van der Waals surface area contributed by atoms with Gasteiger partial charge in [-0.25, -0.2) is 0 Å². The number of rotatable bonds is 4. The zero-order valence-corrected chi connectivity index (χ0v) is 12.8. The molecule has 0 aromatic heterocycles. The summed E-state index contributed by atoms with van der Waals surface area (Å²) < 4.78 is 5.22. The van der Waals surface area contributed by atoms with E-state index in [-0.39, 0.29) is 0 Å². The highest BCUT2D eigenvalue weighted by atomic mass is 16.5. The second kappa shape index (κ2) is 6.19. The van der Waals surface area contributed by atoms with Crippen molar-refractivity contribution in [3.05, 3.63) is 47.5 Å². The lowest BCUT2D eigenvalue weighted by Gasteiger charge is -2.18. The zero-order valence-electron chi connectivity index (χ0n) is 12.8. The second-order valence-electron chi connectivity index (χ2n) is 5.04. The fraction of sp³-hybridized carbons (Fsp3) is 0.235. The van der Waals surface area contributed by atoms with Gasteiger partial charge in [-0.1, -0.05) is 6.07 Å². The van der Waals surface area contributed by atoms with Crippen molar-refractivity contribution >= 4 is 17.1 Å². The Bertz CT molecular complexity index is 687. The zero-order chi connectivity index (χ0) is 15.4. The van der Waals surface area contributed by atoms with E-state index in [9.17, 15) is 5.26 Å². The van der Waals surface area contributed by atoms with Gasteiger partial charge in [0.2, 0.25) is 0 Å². The Balaban J connectivity index is 2.38. The first-order valence-corrected chi connectivity index (χ1v) is 6.68. The smallest absolute Gasteiger partial charge is 0.121 e. The highest BCUT2D eigenvalue weighted by Crippen LogP contribution is 2.28. The molecule has 2 aromatic rings. The van der Waals surface area contributed by atoms with Gasteiger partial charge in [-0.3, -0.25) is 0 Å². The predicted molar refractivity (Wildman–Crippen MR) is 86.5 cm³/mol. The van der Waals surface area contributed by atoms with Crippen LogP contribution in [-0.4, -0.2) is 21.2 Å². The van der Waals surface area contributed by atoms with Crippen molar-refractivity contribution in [2.75, 3.05) is 31.4 Å². The topological polar surface area (TPSA) is 48.3 Å². The van der Waals surface area contributed by atoms with Gasteiger partial charge in [0.25, 0.3) is 0 Å². The van der Waals surface area contributed by atoms with E-state index in [0.29, 0.717) is 5.56 Å². The van der Waals surface area contributed by atoms with Crippen molar-refractivity contribution in [3.8, 4) is 11.8 Å². The molecule has 0 amide bonds. The van der Waals surface area contributed by atoms with Gasteiger partial charge in [0.15, 0.2) is 0 Å². The molecule has 2 rings (SSSR count). The van der Waals surface area contributed by atoms with Crippen LogP contribution in [0.2, 0.25) is 0 Å². The average Bonchev–Trinajstić information content (AvgIpc) is 2.48. The van der Waals surface area contributed by atoms with E-state index >= 15 is 0 Å². The molecule has 0 atom stereocenters. The Labute approximate surface area is 125 Å². The number of hydrogen-bond acceptors (Lipinski definition) is 4. The van der Waals surface area contributed by atoms with Crippen molar-refractivity contribution in [2.45, 2.75) is 6.92 Å². The number of nitrogens with one attached hydrogen (secondary N) is 1. The molecule has 2 aromatic carbocycles. The largest absolute Gasteiger partial charge is 0.497 e. The summed E-state index contributed by atoms with van der Waals surface area (Å²) in [6.07, 6.45) is 0. The maximum absolute atomic E-state index is 9.21. The van der Waals surface area contributed by atoms with Gasteiger partial charge in [-0.05, 0) is 36.8 Å². The Kier molecular flexibility index (Phi) is 4.34. The van der Waals surface area contributed by atoms with Gasteiger partial charge in [0.05, 0.1) is 18.4 Å². The first-order valence-electron chi connectivity index (χ1n) is 6.68. The number of methoxy groups -OCH3 is 1. The highest BCUT2D eigenvalue weighted by molar-refractivity contribution is 5.71. The van der Waals surface area contributed by atoms with Crippen molar-refractivity contribution in [2.24, 2.45) is 0 Å². The molecule has 1 N–H and O–H groups in total. The molecule has 0 bridgehead atoms. The quantitative estimate of drug-likeness (QED) is 0.928. The molecule has 0 saturated carbocycles. The summed E-state index contributed by atoms with van der Waals surface area (Å²) in [6.45, 7) is 2.07. The summed E-state index contributed by atoms with van der Waals surface area (Å²) >= 11 is 0. The van der Waals surface area contributed by atoms with Crippen LogP contribution in [0.25, 0.3) is 0 Å². The van der Waals surface area contributed by atoms with E-state index in [1.54, 1.807) is 19.2 Å². The normalized spacial score (nSPS) is 9.86.